The first kappa shape index (κ1) is 23.9. The van der Waals surface area contributed by atoms with Gasteiger partial charge in [-0.25, -0.2) is 0 Å². The molecule has 4 heteroatoms. The zero-order valence-corrected chi connectivity index (χ0v) is 18.2. The van der Waals surface area contributed by atoms with E-state index in [1.807, 2.05) is 13.1 Å². The standard InChI is InChI=1S/C24H38N4/c1-7-11-24(28(10-4)16-15-25-6)22(9-3)19-26-18-21-13-12-20(5)23(17-21)27-14-8-2/h7-8,11-14,17,22,25-26H,1-2,9-10,15-16,18-19H2,3-6H3/b24-11+,27-14?/t22-/m1/s1. The molecule has 0 saturated heterocycles. The Balaban J connectivity index is 2.79. The summed E-state index contributed by atoms with van der Waals surface area (Å²) in [5.74, 6) is 0.457. The van der Waals surface area contributed by atoms with Crippen LogP contribution in [0.15, 0.2) is 60.3 Å². The van der Waals surface area contributed by atoms with Crippen LogP contribution in [0.3, 0.4) is 0 Å². The van der Waals surface area contributed by atoms with Crippen LogP contribution in [0, 0.1) is 12.8 Å². The molecule has 28 heavy (non-hydrogen) atoms. The normalized spacial score (nSPS) is 12.9. The van der Waals surface area contributed by atoms with E-state index in [0.717, 1.165) is 44.8 Å². The number of likely N-dealkylation sites (N-methyl/N-ethyl adjacent to an activating group) is 2. The summed E-state index contributed by atoms with van der Waals surface area (Å²) >= 11 is 0. The van der Waals surface area contributed by atoms with Crippen molar-refractivity contribution < 1.29 is 0 Å². The SMILES string of the molecule is C=CC=Nc1cc(CNC[C@@H](CC)/C(=C\C=C)N(CC)CCNC)ccc1C. The van der Waals surface area contributed by atoms with Gasteiger partial charge in [0.25, 0.3) is 0 Å². The van der Waals surface area contributed by atoms with E-state index in [1.54, 1.807) is 12.3 Å². The molecule has 0 saturated carbocycles. The van der Waals surface area contributed by atoms with Gasteiger partial charge in [-0.05, 0) is 50.6 Å². The van der Waals surface area contributed by atoms with Crippen LogP contribution in [0.25, 0.3) is 0 Å². The van der Waals surface area contributed by atoms with Crippen molar-refractivity contribution in [1.29, 1.82) is 0 Å². The van der Waals surface area contributed by atoms with E-state index in [9.17, 15) is 0 Å². The largest absolute Gasteiger partial charge is 0.374 e. The van der Waals surface area contributed by atoms with E-state index in [1.165, 1.54) is 16.8 Å². The van der Waals surface area contributed by atoms with Gasteiger partial charge in [-0.15, -0.1) is 0 Å². The van der Waals surface area contributed by atoms with Crippen LogP contribution in [-0.2, 0) is 6.54 Å². The summed E-state index contributed by atoms with van der Waals surface area (Å²) in [6, 6.07) is 6.45. The van der Waals surface area contributed by atoms with Gasteiger partial charge in [-0.3, -0.25) is 4.99 Å². The Morgan fingerprint density at radius 1 is 1.25 bits per heavy atom. The predicted molar refractivity (Wildman–Crippen MR) is 124 cm³/mol. The maximum Gasteiger partial charge on any atom is 0.0661 e. The Bertz CT molecular complexity index is 661. The lowest BCUT2D eigenvalue weighted by atomic mass is 9.99. The topological polar surface area (TPSA) is 39.7 Å². The minimum Gasteiger partial charge on any atom is -0.374 e. The fraction of sp³-hybridized carbons (Fsp3) is 0.458. The van der Waals surface area contributed by atoms with Crippen molar-refractivity contribution in [2.45, 2.75) is 33.7 Å². The molecule has 1 aromatic rings. The molecule has 0 amide bonds. The van der Waals surface area contributed by atoms with Gasteiger partial charge in [0.15, 0.2) is 0 Å². The van der Waals surface area contributed by atoms with E-state index in [2.05, 4.69) is 78.7 Å². The molecule has 1 atom stereocenters. The van der Waals surface area contributed by atoms with Crippen molar-refractivity contribution in [2.75, 3.05) is 33.2 Å². The summed E-state index contributed by atoms with van der Waals surface area (Å²) in [7, 11) is 2.00. The van der Waals surface area contributed by atoms with Crippen LogP contribution < -0.4 is 10.6 Å². The highest BCUT2D eigenvalue weighted by atomic mass is 15.1. The molecule has 2 N–H and O–H groups in total. The molecule has 1 aromatic carbocycles. The Morgan fingerprint density at radius 3 is 2.64 bits per heavy atom. The number of hydrogen-bond donors (Lipinski definition) is 2. The molecule has 0 bridgehead atoms. The molecule has 0 aromatic heterocycles. The van der Waals surface area contributed by atoms with Gasteiger partial charge >= 0.3 is 0 Å². The molecule has 0 aliphatic carbocycles. The summed E-state index contributed by atoms with van der Waals surface area (Å²) in [4.78, 5) is 6.90. The first-order chi connectivity index (χ1) is 13.6. The van der Waals surface area contributed by atoms with Crippen molar-refractivity contribution in [1.82, 2.24) is 15.5 Å². The highest BCUT2D eigenvalue weighted by molar-refractivity contribution is 5.74. The second kappa shape index (κ2) is 13.9. The molecule has 0 radical (unpaired) electrons. The third-order valence-electron chi connectivity index (χ3n) is 4.89. The monoisotopic (exact) mass is 382 g/mol. The minimum atomic E-state index is 0.457. The van der Waals surface area contributed by atoms with E-state index < -0.39 is 0 Å². The Hall–Kier alpha value is -2.17. The van der Waals surface area contributed by atoms with Gasteiger partial charge in [0.1, 0.15) is 0 Å². The summed E-state index contributed by atoms with van der Waals surface area (Å²) in [6.07, 6.45) is 8.61. The maximum absolute atomic E-state index is 4.46. The summed E-state index contributed by atoms with van der Waals surface area (Å²) in [5, 5.41) is 6.89. The average molecular weight is 383 g/mol. The molecule has 154 valence electrons. The van der Waals surface area contributed by atoms with Crippen molar-refractivity contribution in [3.05, 3.63) is 66.4 Å². The van der Waals surface area contributed by atoms with Gasteiger partial charge in [0.2, 0.25) is 0 Å². The average Bonchev–Trinajstić information content (AvgIpc) is 2.71. The second-order valence-corrected chi connectivity index (χ2v) is 6.88. The third kappa shape index (κ3) is 7.83. The van der Waals surface area contributed by atoms with Crippen LogP contribution in [0.2, 0.25) is 0 Å². The zero-order chi connectivity index (χ0) is 20.8. The van der Waals surface area contributed by atoms with E-state index >= 15 is 0 Å². The molecular weight excluding hydrogens is 344 g/mol. The van der Waals surface area contributed by atoms with Gasteiger partial charge < -0.3 is 15.5 Å². The third-order valence-corrected chi connectivity index (χ3v) is 4.89. The molecule has 0 fully saturated rings. The fourth-order valence-electron chi connectivity index (χ4n) is 3.22. The highest BCUT2D eigenvalue weighted by Gasteiger charge is 2.17. The van der Waals surface area contributed by atoms with Gasteiger partial charge in [0, 0.05) is 50.6 Å². The summed E-state index contributed by atoms with van der Waals surface area (Å²) in [6.45, 7) is 18.9. The number of nitrogens with zero attached hydrogens (tertiary/aromatic N) is 2. The number of benzene rings is 1. The van der Waals surface area contributed by atoms with Crippen LogP contribution in [-0.4, -0.2) is 44.3 Å². The molecule has 0 spiro atoms. The first-order valence-electron chi connectivity index (χ1n) is 10.3. The molecule has 4 nitrogen and oxygen atoms in total. The first-order valence-corrected chi connectivity index (χ1v) is 10.3. The van der Waals surface area contributed by atoms with Crippen LogP contribution >= 0.6 is 0 Å². The van der Waals surface area contributed by atoms with Crippen molar-refractivity contribution >= 4 is 11.9 Å². The van der Waals surface area contributed by atoms with Crippen LogP contribution in [0.4, 0.5) is 5.69 Å². The van der Waals surface area contributed by atoms with Gasteiger partial charge in [0.05, 0.1) is 5.69 Å². The lowest BCUT2D eigenvalue weighted by Gasteiger charge is -2.31. The maximum atomic E-state index is 4.46. The molecule has 1 rings (SSSR count). The Labute approximate surface area is 172 Å². The van der Waals surface area contributed by atoms with Crippen molar-refractivity contribution in [2.24, 2.45) is 10.9 Å². The highest BCUT2D eigenvalue weighted by Crippen LogP contribution is 2.21. The minimum absolute atomic E-state index is 0.457. The van der Waals surface area contributed by atoms with E-state index in [0.29, 0.717) is 5.92 Å². The van der Waals surface area contributed by atoms with Crippen molar-refractivity contribution in [3.63, 3.8) is 0 Å². The van der Waals surface area contributed by atoms with Crippen molar-refractivity contribution in [3.8, 4) is 0 Å². The van der Waals surface area contributed by atoms with E-state index in [-0.39, 0.29) is 0 Å². The molecular formula is C24H38N4. The lowest BCUT2D eigenvalue weighted by molar-refractivity contribution is 0.306. The number of aliphatic imine (C=N–C) groups is 1. The summed E-state index contributed by atoms with van der Waals surface area (Å²) < 4.78 is 0. The number of nitrogens with one attached hydrogen (secondary N) is 2. The van der Waals surface area contributed by atoms with Crippen LogP contribution in [0.1, 0.15) is 31.4 Å². The van der Waals surface area contributed by atoms with E-state index in [4.69, 9.17) is 0 Å². The molecule has 0 heterocycles. The Morgan fingerprint density at radius 2 is 2.04 bits per heavy atom. The molecule has 0 unspecified atom stereocenters. The van der Waals surface area contributed by atoms with Crippen LogP contribution in [0.5, 0.6) is 0 Å². The predicted octanol–water partition coefficient (Wildman–Crippen LogP) is 4.61. The number of hydrogen-bond acceptors (Lipinski definition) is 4. The molecule has 0 aliphatic rings. The molecule has 0 aliphatic heterocycles. The lowest BCUT2D eigenvalue weighted by Crippen LogP contribution is -2.36. The number of aryl methyl sites for hydroxylation is 1. The number of allylic oxidation sites excluding steroid dienone is 3. The smallest absolute Gasteiger partial charge is 0.0661 e. The van der Waals surface area contributed by atoms with Gasteiger partial charge in [-0.1, -0.05) is 44.4 Å². The number of rotatable bonds is 14. The van der Waals surface area contributed by atoms with Gasteiger partial charge in [-0.2, -0.15) is 0 Å². The zero-order valence-electron chi connectivity index (χ0n) is 18.2. The fourth-order valence-corrected chi connectivity index (χ4v) is 3.22. The Kier molecular flexibility index (Phi) is 11.9. The summed E-state index contributed by atoms with van der Waals surface area (Å²) in [5.41, 5.74) is 4.78. The quantitative estimate of drug-likeness (QED) is 0.365. The second-order valence-electron chi connectivity index (χ2n) is 6.88.